The Balaban J connectivity index is 1.77. The first kappa shape index (κ1) is 12.9. The number of hydrogen-bond acceptors (Lipinski definition) is 2. The molecule has 2 atom stereocenters. The van der Waals surface area contributed by atoms with Crippen LogP contribution in [-0.4, -0.2) is 36.5 Å². The average molecular weight is 238 g/mol. The Hall–Kier alpha value is -0.570. The van der Waals surface area contributed by atoms with Crippen LogP contribution >= 0.6 is 0 Å². The van der Waals surface area contributed by atoms with Gasteiger partial charge in [0.1, 0.15) is 0 Å². The maximum absolute atomic E-state index is 12.1. The van der Waals surface area contributed by atoms with Gasteiger partial charge in [-0.2, -0.15) is 0 Å². The molecule has 1 saturated heterocycles. The van der Waals surface area contributed by atoms with Crippen LogP contribution in [0.4, 0.5) is 0 Å². The van der Waals surface area contributed by atoms with Gasteiger partial charge in [0.2, 0.25) is 5.91 Å². The third kappa shape index (κ3) is 3.21. The van der Waals surface area contributed by atoms with Gasteiger partial charge in [-0.1, -0.05) is 20.3 Å². The molecule has 1 aliphatic carbocycles. The summed E-state index contributed by atoms with van der Waals surface area (Å²) in [5.74, 6) is 1.69. The molecule has 0 bridgehead atoms. The number of carbonyl (C=O) groups is 1. The van der Waals surface area contributed by atoms with Gasteiger partial charge in [-0.05, 0) is 37.6 Å². The van der Waals surface area contributed by atoms with E-state index in [9.17, 15) is 4.79 Å². The monoisotopic (exact) mass is 238 g/mol. The highest BCUT2D eigenvalue weighted by molar-refractivity contribution is 5.76. The van der Waals surface area contributed by atoms with Crippen molar-refractivity contribution in [2.24, 2.45) is 11.8 Å². The van der Waals surface area contributed by atoms with Crippen molar-refractivity contribution >= 4 is 5.91 Å². The SMILES string of the molecule is CCNC1CCN(C(=O)CC2CCC2)CC1C. The molecule has 0 radical (unpaired) electrons. The molecule has 2 unspecified atom stereocenters. The molecule has 1 aliphatic heterocycles. The maximum atomic E-state index is 12.1. The summed E-state index contributed by atoms with van der Waals surface area (Å²) in [6, 6.07) is 0.604. The van der Waals surface area contributed by atoms with Crippen molar-refractivity contribution in [2.75, 3.05) is 19.6 Å². The molecule has 0 aromatic rings. The van der Waals surface area contributed by atoms with Crippen LogP contribution in [0.2, 0.25) is 0 Å². The molecule has 3 nitrogen and oxygen atoms in total. The van der Waals surface area contributed by atoms with Gasteiger partial charge < -0.3 is 10.2 Å². The zero-order chi connectivity index (χ0) is 12.3. The van der Waals surface area contributed by atoms with Gasteiger partial charge in [-0.25, -0.2) is 0 Å². The third-order valence-electron chi connectivity index (χ3n) is 4.41. The molecule has 1 N–H and O–H groups in total. The number of rotatable bonds is 4. The molecule has 2 rings (SSSR count). The molecule has 0 spiro atoms. The molecular formula is C14H26N2O. The first-order valence-corrected chi connectivity index (χ1v) is 7.22. The molecule has 2 fully saturated rings. The highest BCUT2D eigenvalue weighted by Crippen LogP contribution is 2.30. The average Bonchev–Trinajstić information content (AvgIpc) is 2.26. The normalized spacial score (nSPS) is 30.1. The first-order chi connectivity index (χ1) is 8.20. The summed E-state index contributed by atoms with van der Waals surface area (Å²) < 4.78 is 0. The summed E-state index contributed by atoms with van der Waals surface area (Å²) in [6.07, 6.45) is 5.80. The molecule has 2 aliphatic rings. The smallest absolute Gasteiger partial charge is 0.222 e. The van der Waals surface area contributed by atoms with Gasteiger partial charge in [0.25, 0.3) is 0 Å². The molecule has 17 heavy (non-hydrogen) atoms. The van der Waals surface area contributed by atoms with Crippen molar-refractivity contribution in [3.63, 3.8) is 0 Å². The molecule has 3 heteroatoms. The highest BCUT2D eigenvalue weighted by Gasteiger charge is 2.30. The fourth-order valence-electron chi connectivity index (χ4n) is 3.01. The van der Waals surface area contributed by atoms with Crippen LogP contribution in [-0.2, 0) is 4.79 Å². The second-order valence-corrected chi connectivity index (χ2v) is 5.77. The molecule has 0 aromatic heterocycles. The van der Waals surface area contributed by atoms with Crippen LogP contribution in [0.1, 0.15) is 46.0 Å². The van der Waals surface area contributed by atoms with E-state index >= 15 is 0 Å². The second-order valence-electron chi connectivity index (χ2n) is 5.77. The van der Waals surface area contributed by atoms with Crippen LogP contribution in [0, 0.1) is 11.8 Å². The number of nitrogens with zero attached hydrogens (tertiary/aromatic N) is 1. The lowest BCUT2D eigenvalue weighted by atomic mass is 9.82. The largest absolute Gasteiger partial charge is 0.342 e. The van der Waals surface area contributed by atoms with E-state index in [1.54, 1.807) is 0 Å². The van der Waals surface area contributed by atoms with E-state index in [0.29, 0.717) is 23.8 Å². The standard InChI is InChI=1S/C14H26N2O/c1-3-15-13-7-8-16(10-11(13)2)14(17)9-12-5-4-6-12/h11-13,15H,3-10H2,1-2H3. The molecule has 1 saturated carbocycles. The van der Waals surface area contributed by atoms with Gasteiger partial charge in [0, 0.05) is 25.6 Å². The molecule has 1 heterocycles. The molecule has 0 aromatic carbocycles. The van der Waals surface area contributed by atoms with Crippen LogP contribution in [0.25, 0.3) is 0 Å². The van der Waals surface area contributed by atoms with Gasteiger partial charge in [0.15, 0.2) is 0 Å². The number of carbonyl (C=O) groups excluding carboxylic acids is 1. The van der Waals surface area contributed by atoms with E-state index < -0.39 is 0 Å². The van der Waals surface area contributed by atoms with Crippen molar-refractivity contribution in [1.82, 2.24) is 10.2 Å². The van der Waals surface area contributed by atoms with Crippen molar-refractivity contribution < 1.29 is 4.79 Å². The van der Waals surface area contributed by atoms with E-state index in [1.807, 2.05) is 0 Å². The van der Waals surface area contributed by atoms with Crippen LogP contribution < -0.4 is 5.32 Å². The lowest BCUT2D eigenvalue weighted by Gasteiger charge is -2.38. The second kappa shape index (κ2) is 5.85. The zero-order valence-corrected chi connectivity index (χ0v) is 11.2. The van der Waals surface area contributed by atoms with E-state index in [-0.39, 0.29) is 0 Å². The van der Waals surface area contributed by atoms with E-state index in [2.05, 4.69) is 24.1 Å². The van der Waals surface area contributed by atoms with Crippen LogP contribution in [0.15, 0.2) is 0 Å². The Morgan fingerprint density at radius 3 is 2.65 bits per heavy atom. The van der Waals surface area contributed by atoms with E-state index in [1.165, 1.54) is 19.3 Å². The van der Waals surface area contributed by atoms with Crippen LogP contribution in [0.3, 0.4) is 0 Å². The Labute approximate surface area is 105 Å². The predicted molar refractivity (Wildman–Crippen MR) is 69.8 cm³/mol. The van der Waals surface area contributed by atoms with Crippen LogP contribution in [0.5, 0.6) is 0 Å². The topological polar surface area (TPSA) is 32.3 Å². The number of likely N-dealkylation sites (tertiary alicyclic amines) is 1. The van der Waals surface area contributed by atoms with Gasteiger partial charge in [0.05, 0.1) is 0 Å². The molecular weight excluding hydrogens is 212 g/mol. The fraction of sp³-hybridized carbons (Fsp3) is 0.929. The molecule has 98 valence electrons. The number of hydrogen-bond donors (Lipinski definition) is 1. The van der Waals surface area contributed by atoms with Gasteiger partial charge >= 0.3 is 0 Å². The van der Waals surface area contributed by atoms with Crippen molar-refractivity contribution in [3.05, 3.63) is 0 Å². The summed E-state index contributed by atoms with van der Waals surface area (Å²) in [7, 11) is 0. The predicted octanol–water partition coefficient (Wildman–Crippen LogP) is 2.02. The van der Waals surface area contributed by atoms with Gasteiger partial charge in [-0.3, -0.25) is 4.79 Å². The lowest BCUT2D eigenvalue weighted by molar-refractivity contribution is -0.134. The summed E-state index contributed by atoms with van der Waals surface area (Å²) in [5, 5.41) is 3.52. The number of nitrogens with one attached hydrogen (secondary N) is 1. The zero-order valence-electron chi connectivity index (χ0n) is 11.2. The summed E-state index contributed by atoms with van der Waals surface area (Å²) in [5.41, 5.74) is 0. The highest BCUT2D eigenvalue weighted by atomic mass is 16.2. The first-order valence-electron chi connectivity index (χ1n) is 7.22. The minimum Gasteiger partial charge on any atom is -0.342 e. The Bertz CT molecular complexity index is 263. The van der Waals surface area contributed by atoms with E-state index in [4.69, 9.17) is 0 Å². The Kier molecular flexibility index (Phi) is 4.43. The minimum absolute atomic E-state index is 0.400. The van der Waals surface area contributed by atoms with Gasteiger partial charge in [-0.15, -0.1) is 0 Å². The number of piperidine rings is 1. The maximum Gasteiger partial charge on any atom is 0.222 e. The third-order valence-corrected chi connectivity index (χ3v) is 4.41. The van der Waals surface area contributed by atoms with Crippen molar-refractivity contribution in [3.8, 4) is 0 Å². The summed E-state index contributed by atoms with van der Waals surface area (Å²) in [6.45, 7) is 7.35. The Morgan fingerprint density at radius 1 is 1.35 bits per heavy atom. The summed E-state index contributed by atoms with van der Waals surface area (Å²) >= 11 is 0. The minimum atomic E-state index is 0.400. The van der Waals surface area contributed by atoms with Crippen molar-refractivity contribution in [1.29, 1.82) is 0 Å². The molecule has 1 amide bonds. The summed E-state index contributed by atoms with van der Waals surface area (Å²) in [4.78, 5) is 14.2. The van der Waals surface area contributed by atoms with E-state index in [0.717, 1.165) is 32.5 Å². The fourth-order valence-corrected chi connectivity index (χ4v) is 3.01. The quantitative estimate of drug-likeness (QED) is 0.812. The van der Waals surface area contributed by atoms with Crippen molar-refractivity contribution in [2.45, 2.75) is 52.0 Å². The lowest BCUT2D eigenvalue weighted by Crippen LogP contribution is -2.50. The number of amides is 1. The Morgan fingerprint density at radius 2 is 2.12 bits per heavy atom.